The van der Waals surface area contributed by atoms with Gasteiger partial charge in [0.15, 0.2) is 17.3 Å². The molecule has 0 aromatic heterocycles. The van der Waals surface area contributed by atoms with Gasteiger partial charge in [0.25, 0.3) is 0 Å². The average molecular weight is 639 g/mol. The first-order chi connectivity index (χ1) is 21.9. The van der Waals surface area contributed by atoms with Gasteiger partial charge in [-0.05, 0) is 53.3 Å². The van der Waals surface area contributed by atoms with E-state index in [0.29, 0.717) is 19.6 Å². The minimum absolute atomic E-state index is 0.143. The summed E-state index contributed by atoms with van der Waals surface area (Å²) in [5.41, 5.74) is 7.65. The fraction of sp³-hybridized carbons (Fsp3) is 0.425. The van der Waals surface area contributed by atoms with Gasteiger partial charge in [-0.1, -0.05) is 108 Å². The summed E-state index contributed by atoms with van der Waals surface area (Å²) in [6.07, 6.45) is 2.41. The Kier molecular flexibility index (Phi) is 10.7. The number of benzene rings is 3. The first kappa shape index (κ1) is 33.9. The minimum atomic E-state index is -1.34. The van der Waals surface area contributed by atoms with E-state index in [9.17, 15) is 4.79 Å². The van der Waals surface area contributed by atoms with Crippen LogP contribution in [0.1, 0.15) is 55.9 Å². The predicted molar refractivity (Wildman–Crippen MR) is 190 cm³/mol. The molecule has 46 heavy (non-hydrogen) atoms. The van der Waals surface area contributed by atoms with Gasteiger partial charge in [-0.15, -0.1) is 0 Å². The summed E-state index contributed by atoms with van der Waals surface area (Å²) >= 11 is 0. The molecule has 2 aliphatic rings. The number of ether oxygens (including phenoxy) is 3. The molecule has 1 aliphatic carbocycles. The van der Waals surface area contributed by atoms with Crippen LogP contribution in [0.3, 0.4) is 0 Å². The maximum atomic E-state index is 14.2. The Morgan fingerprint density at radius 2 is 1.59 bits per heavy atom. The smallest absolute Gasteiger partial charge is 0.231 e. The van der Waals surface area contributed by atoms with Crippen LogP contribution in [0.2, 0.25) is 25.7 Å². The Labute approximate surface area is 277 Å². The zero-order chi connectivity index (χ0) is 32.9. The van der Waals surface area contributed by atoms with Crippen molar-refractivity contribution in [2.24, 2.45) is 5.41 Å². The summed E-state index contributed by atoms with van der Waals surface area (Å²) in [5.74, 6) is 1.74. The summed E-state index contributed by atoms with van der Waals surface area (Å²) in [6, 6.07) is 26.5. The van der Waals surface area contributed by atoms with Crippen molar-refractivity contribution in [3.8, 4) is 11.5 Å². The van der Waals surface area contributed by atoms with E-state index in [4.69, 9.17) is 14.2 Å². The number of carbonyl (C=O) groups excluding carboxylic acids is 1. The lowest BCUT2D eigenvalue weighted by molar-refractivity contribution is -0.925. The number of hydrogen-bond donors (Lipinski definition) is 1. The second-order valence-electron chi connectivity index (χ2n) is 15.2. The molecule has 0 amide bonds. The number of quaternary nitrogens is 1. The third-order valence-corrected chi connectivity index (χ3v) is 10.4. The Morgan fingerprint density at radius 1 is 0.957 bits per heavy atom. The number of nitrogens with one attached hydrogen (secondary N) is 1. The van der Waals surface area contributed by atoms with Gasteiger partial charge in [0.05, 0.1) is 19.8 Å². The molecule has 0 radical (unpaired) electrons. The molecule has 0 fully saturated rings. The highest BCUT2D eigenvalue weighted by atomic mass is 28.3. The molecule has 1 aliphatic heterocycles. The van der Waals surface area contributed by atoms with Crippen molar-refractivity contribution in [3.05, 3.63) is 113 Å². The Hall–Kier alpha value is -3.45. The van der Waals surface area contributed by atoms with Crippen LogP contribution in [-0.4, -0.2) is 39.8 Å². The topological polar surface area (TPSA) is 49.2 Å². The molecule has 3 aromatic carbocycles. The summed E-state index contributed by atoms with van der Waals surface area (Å²) in [6.45, 7) is 21.0. The number of fused-ring (bicyclic) bond motifs is 1. The van der Waals surface area contributed by atoms with Crippen molar-refractivity contribution in [3.63, 3.8) is 0 Å². The molecular weight excluding hydrogens is 587 g/mol. The van der Waals surface area contributed by atoms with Crippen molar-refractivity contribution >= 4 is 19.4 Å². The molecular formula is C40H52NO4Si+. The van der Waals surface area contributed by atoms with Crippen molar-refractivity contribution in [2.45, 2.75) is 84.9 Å². The van der Waals surface area contributed by atoms with Crippen LogP contribution < -0.4 is 14.4 Å². The van der Waals surface area contributed by atoms with Gasteiger partial charge in [-0.25, -0.2) is 0 Å². The fourth-order valence-electron chi connectivity index (χ4n) is 6.91. The summed E-state index contributed by atoms with van der Waals surface area (Å²) < 4.78 is 18.0. The molecule has 1 heterocycles. The van der Waals surface area contributed by atoms with Crippen molar-refractivity contribution in [1.82, 2.24) is 0 Å². The van der Waals surface area contributed by atoms with Gasteiger partial charge in [-0.2, -0.15) is 0 Å². The largest absolute Gasteiger partial charge is 0.454 e. The lowest BCUT2D eigenvalue weighted by Gasteiger charge is -2.31. The van der Waals surface area contributed by atoms with Gasteiger partial charge in [0, 0.05) is 36.6 Å². The van der Waals surface area contributed by atoms with Crippen LogP contribution >= 0.6 is 0 Å². The van der Waals surface area contributed by atoms with E-state index < -0.39 is 13.5 Å². The molecule has 5 nitrogen and oxygen atoms in total. The molecule has 5 rings (SSSR count). The maximum absolute atomic E-state index is 14.2. The SMILES string of the molecule is C=C(C[NH+](Cc1ccccc1)C1CCC(C(=O)C(C)(C)C)=C1c1cc2c(cc1CCOCc1ccccc1)OCO2)C[Si](C)(C)C. The Balaban J connectivity index is 1.55. The van der Waals surface area contributed by atoms with Gasteiger partial charge in [-0.3, -0.25) is 4.79 Å². The summed E-state index contributed by atoms with van der Waals surface area (Å²) in [4.78, 5) is 15.6. The molecule has 2 atom stereocenters. The van der Waals surface area contributed by atoms with E-state index in [1.165, 1.54) is 21.6 Å². The molecule has 6 heteroatoms. The van der Waals surface area contributed by atoms with Crippen LogP contribution in [0.5, 0.6) is 11.5 Å². The second-order valence-corrected chi connectivity index (χ2v) is 20.7. The molecule has 0 spiro atoms. The highest BCUT2D eigenvalue weighted by Gasteiger charge is 2.41. The Morgan fingerprint density at radius 3 is 2.22 bits per heavy atom. The average Bonchev–Trinajstić information content (AvgIpc) is 3.64. The number of allylic oxidation sites excluding steroid dienone is 1. The van der Waals surface area contributed by atoms with Crippen LogP contribution in [0.25, 0.3) is 5.57 Å². The van der Waals surface area contributed by atoms with Crippen molar-refractivity contribution in [2.75, 3.05) is 19.9 Å². The summed E-state index contributed by atoms with van der Waals surface area (Å²) in [5, 5.41) is 0. The number of carbonyl (C=O) groups is 1. The number of ketones is 1. The van der Waals surface area contributed by atoms with Gasteiger partial charge in [0.1, 0.15) is 12.6 Å². The van der Waals surface area contributed by atoms with Crippen LogP contribution in [-0.2, 0) is 29.1 Å². The fourth-order valence-corrected chi connectivity index (χ4v) is 8.54. The monoisotopic (exact) mass is 638 g/mol. The molecule has 0 saturated heterocycles. The third kappa shape index (κ3) is 8.67. The molecule has 2 unspecified atom stereocenters. The lowest BCUT2D eigenvalue weighted by atomic mass is 9.82. The van der Waals surface area contributed by atoms with Crippen LogP contribution in [0.4, 0.5) is 0 Å². The maximum Gasteiger partial charge on any atom is 0.231 e. The second kappa shape index (κ2) is 14.5. The highest BCUT2D eigenvalue weighted by Crippen LogP contribution is 2.43. The first-order valence-electron chi connectivity index (χ1n) is 16.8. The van der Waals surface area contributed by atoms with E-state index in [1.807, 2.05) is 39.0 Å². The van der Waals surface area contributed by atoms with Gasteiger partial charge >= 0.3 is 0 Å². The highest BCUT2D eigenvalue weighted by molar-refractivity contribution is 6.76. The quantitative estimate of drug-likeness (QED) is 0.112. The third-order valence-electron chi connectivity index (χ3n) is 8.85. The molecule has 1 N–H and O–H groups in total. The molecule has 0 saturated carbocycles. The van der Waals surface area contributed by atoms with Gasteiger partial charge < -0.3 is 19.1 Å². The number of Topliss-reactive ketones (excluding diaryl/α,β-unsaturated/α-hetero) is 1. The van der Waals surface area contributed by atoms with E-state index in [1.54, 1.807) is 0 Å². The lowest BCUT2D eigenvalue weighted by Crippen LogP contribution is -3.14. The first-order valence-corrected chi connectivity index (χ1v) is 20.5. The molecule has 3 aromatic rings. The van der Waals surface area contributed by atoms with Crippen molar-refractivity contribution in [1.29, 1.82) is 0 Å². The van der Waals surface area contributed by atoms with Crippen molar-refractivity contribution < 1.29 is 23.9 Å². The molecule has 0 bridgehead atoms. The van der Waals surface area contributed by atoms with Gasteiger partial charge in [0.2, 0.25) is 6.79 Å². The predicted octanol–water partition coefficient (Wildman–Crippen LogP) is 7.69. The Bertz CT molecular complexity index is 1550. The van der Waals surface area contributed by atoms with E-state index in [-0.39, 0.29) is 18.6 Å². The van der Waals surface area contributed by atoms with E-state index >= 15 is 0 Å². The standard InChI is InChI=1S/C40H51NO4Si/c1-29(27-46(5,6)7)24-41(25-30-14-10-8-11-15-30)35-19-18-33(39(42)40(2,3)4)38(35)34-23-37-36(44-28-45-37)22-32(34)20-21-43-26-31-16-12-9-13-17-31/h8-17,22-23,35H,1,18-21,24-28H2,2-7H3/p+1. The zero-order valence-electron chi connectivity index (χ0n) is 28.7. The molecule has 244 valence electrons. The van der Waals surface area contributed by atoms with E-state index in [2.05, 4.69) is 80.8 Å². The van der Waals surface area contributed by atoms with Crippen LogP contribution in [0.15, 0.2) is 90.5 Å². The van der Waals surface area contributed by atoms with E-state index in [0.717, 1.165) is 65.7 Å². The number of hydrogen-bond acceptors (Lipinski definition) is 4. The number of rotatable bonds is 14. The minimum Gasteiger partial charge on any atom is -0.454 e. The summed E-state index contributed by atoms with van der Waals surface area (Å²) in [7, 11) is -1.34. The normalized spacial score (nSPS) is 17.0. The van der Waals surface area contributed by atoms with Crippen LogP contribution in [0, 0.1) is 5.41 Å². The zero-order valence-corrected chi connectivity index (χ0v) is 29.7.